The molecule has 15 heavy (non-hydrogen) atoms. The highest BCUT2D eigenvalue weighted by Crippen LogP contribution is 2.23. The molecule has 1 aromatic heterocycles. The van der Waals surface area contributed by atoms with E-state index in [0.29, 0.717) is 0 Å². The summed E-state index contributed by atoms with van der Waals surface area (Å²) in [6.07, 6.45) is 1.95. The van der Waals surface area contributed by atoms with Gasteiger partial charge in [0.15, 0.2) is 5.78 Å². The maximum Gasteiger partial charge on any atom is 0.161 e. The number of fused-ring (bicyclic) bond motifs is 1. The Morgan fingerprint density at radius 3 is 2.73 bits per heavy atom. The Labute approximate surface area is 89.5 Å². The van der Waals surface area contributed by atoms with Gasteiger partial charge in [-0.15, -0.1) is 0 Å². The minimum absolute atomic E-state index is 0.135. The summed E-state index contributed by atoms with van der Waals surface area (Å²) in [5.41, 5.74) is 3.21. The third-order valence-electron chi connectivity index (χ3n) is 2.76. The van der Waals surface area contributed by atoms with E-state index in [9.17, 15) is 4.79 Å². The maximum absolute atomic E-state index is 11.5. The Morgan fingerprint density at radius 2 is 2.13 bits per heavy atom. The fraction of sp³-hybridized carbons (Fsp3) is 0.308. The SMILES string of the molecule is CCn1cc(C(C)=O)c2ccc(C)cc21. The molecule has 0 spiro atoms. The Morgan fingerprint density at radius 1 is 1.40 bits per heavy atom. The third-order valence-corrected chi connectivity index (χ3v) is 2.76. The molecule has 2 heteroatoms. The minimum atomic E-state index is 0.135. The van der Waals surface area contributed by atoms with Crippen molar-refractivity contribution in [3.05, 3.63) is 35.5 Å². The average molecular weight is 201 g/mol. The largest absolute Gasteiger partial charge is 0.347 e. The number of ketones is 1. The highest BCUT2D eigenvalue weighted by Gasteiger charge is 2.10. The minimum Gasteiger partial charge on any atom is -0.347 e. The number of hydrogen-bond donors (Lipinski definition) is 0. The van der Waals surface area contributed by atoms with Gasteiger partial charge in [0.05, 0.1) is 0 Å². The predicted octanol–water partition coefficient (Wildman–Crippen LogP) is 3.17. The van der Waals surface area contributed by atoms with Crippen molar-refractivity contribution in [2.75, 3.05) is 0 Å². The molecule has 0 radical (unpaired) electrons. The van der Waals surface area contributed by atoms with Gasteiger partial charge < -0.3 is 4.57 Å². The van der Waals surface area contributed by atoms with E-state index in [4.69, 9.17) is 0 Å². The number of carbonyl (C=O) groups excluding carboxylic acids is 1. The van der Waals surface area contributed by atoms with Crippen LogP contribution in [0.5, 0.6) is 0 Å². The van der Waals surface area contributed by atoms with Crippen molar-refractivity contribution in [1.82, 2.24) is 4.57 Å². The zero-order chi connectivity index (χ0) is 11.0. The lowest BCUT2D eigenvalue weighted by molar-refractivity contribution is 0.101. The molecule has 0 aliphatic rings. The topological polar surface area (TPSA) is 22.0 Å². The van der Waals surface area contributed by atoms with Gasteiger partial charge in [0.2, 0.25) is 0 Å². The van der Waals surface area contributed by atoms with Crippen LogP contribution in [0, 0.1) is 6.92 Å². The van der Waals surface area contributed by atoms with Gasteiger partial charge in [0.1, 0.15) is 0 Å². The standard InChI is InChI=1S/C13H15NO/c1-4-14-8-12(10(3)15)11-6-5-9(2)7-13(11)14/h5-8H,4H2,1-3H3. The van der Waals surface area contributed by atoms with Gasteiger partial charge in [-0.25, -0.2) is 0 Å². The van der Waals surface area contributed by atoms with Crippen LogP contribution in [0.25, 0.3) is 10.9 Å². The van der Waals surface area contributed by atoms with Crippen molar-refractivity contribution in [3.63, 3.8) is 0 Å². The fourth-order valence-electron chi connectivity index (χ4n) is 1.94. The first kappa shape index (κ1) is 9.97. The molecule has 0 amide bonds. The van der Waals surface area contributed by atoms with Crippen LogP contribution in [-0.4, -0.2) is 10.4 Å². The molecule has 0 unspecified atom stereocenters. The molecule has 1 heterocycles. The predicted molar refractivity (Wildman–Crippen MR) is 62.4 cm³/mol. The second-order valence-electron chi connectivity index (χ2n) is 3.91. The molecule has 2 rings (SSSR count). The highest BCUT2D eigenvalue weighted by molar-refractivity contribution is 6.07. The number of carbonyl (C=O) groups is 1. The van der Waals surface area contributed by atoms with E-state index in [1.54, 1.807) is 6.92 Å². The molecule has 2 aromatic rings. The Bertz CT molecular complexity index is 523. The summed E-state index contributed by atoms with van der Waals surface area (Å²) in [7, 11) is 0. The Kier molecular flexibility index (Phi) is 2.35. The summed E-state index contributed by atoms with van der Waals surface area (Å²) < 4.78 is 2.12. The van der Waals surface area contributed by atoms with E-state index in [1.807, 2.05) is 12.3 Å². The fourth-order valence-corrected chi connectivity index (χ4v) is 1.94. The normalized spacial score (nSPS) is 10.9. The van der Waals surface area contributed by atoms with Crippen LogP contribution in [0.4, 0.5) is 0 Å². The van der Waals surface area contributed by atoms with Crippen molar-refractivity contribution < 1.29 is 4.79 Å². The van der Waals surface area contributed by atoms with Gasteiger partial charge in [-0.05, 0) is 32.4 Å². The smallest absolute Gasteiger partial charge is 0.161 e. The van der Waals surface area contributed by atoms with Gasteiger partial charge in [0, 0.05) is 29.2 Å². The van der Waals surface area contributed by atoms with Crippen LogP contribution in [-0.2, 0) is 6.54 Å². The number of Topliss-reactive ketones (excluding diaryl/α,β-unsaturated/α-hetero) is 1. The van der Waals surface area contributed by atoms with Crippen LogP contribution in [0.2, 0.25) is 0 Å². The van der Waals surface area contributed by atoms with Crippen LogP contribution in [0.15, 0.2) is 24.4 Å². The van der Waals surface area contributed by atoms with E-state index in [2.05, 4.69) is 30.5 Å². The molecule has 2 nitrogen and oxygen atoms in total. The molecule has 0 N–H and O–H groups in total. The summed E-state index contributed by atoms with van der Waals surface area (Å²) >= 11 is 0. The molecule has 78 valence electrons. The molecule has 0 aliphatic carbocycles. The summed E-state index contributed by atoms with van der Waals surface area (Å²) in [5, 5.41) is 1.06. The van der Waals surface area contributed by atoms with Crippen molar-refractivity contribution in [3.8, 4) is 0 Å². The molecule has 0 saturated heterocycles. The van der Waals surface area contributed by atoms with Gasteiger partial charge in [0.25, 0.3) is 0 Å². The average Bonchev–Trinajstić information content (AvgIpc) is 2.55. The first-order valence-electron chi connectivity index (χ1n) is 5.24. The van der Waals surface area contributed by atoms with Crippen LogP contribution in [0.1, 0.15) is 29.8 Å². The molecule has 0 atom stereocenters. The summed E-state index contributed by atoms with van der Waals surface area (Å²) in [6.45, 7) is 6.67. The molecule has 0 fully saturated rings. The number of nitrogens with zero attached hydrogens (tertiary/aromatic N) is 1. The molecular weight excluding hydrogens is 186 g/mol. The first-order valence-corrected chi connectivity index (χ1v) is 5.24. The van der Waals surface area contributed by atoms with Crippen LogP contribution < -0.4 is 0 Å². The van der Waals surface area contributed by atoms with E-state index < -0.39 is 0 Å². The second kappa shape index (κ2) is 3.54. The van der Waals surface area contributed by atoms with Crippen molar-refractivity contribution in [2.24, 2.45) is 0 Å². The Hall–Kier alpha value is -1.57. The maximum atomic E-state index is 11.5. The van der Waals surface area contributed by atoms with Gasteiger partial charge in [-0.3, -0.25) is 4.79 Å². The van der Waals surface area contributed by atoms with E-state index >= 15 is 0 Å². The van der Waals surface area contributed by atoms with Gasteiger partial charge in [-0.1, -0.05) is 12.1 Å². The molecule has 1 aromatic carbocycles. The lowest BCUT2D eigenvalue weighted by Crippen LogP contribution is -1.91. The summed E-state index contributed by atoms with van der Waals surface area (Å²) in [6, 6.07) is 6.22. The number of aromatic nitrogens is 1. The quantitative estimate of drug-likeness (QED) is 0.684. The Balaban J connectivity index is 2.81. The second-order valence-corrected chi connectivity index (χ2v) is 3.91. The molecular formula is C13H15NO. The third kappa shape index (κ3) is 1.56. The number of aryl methyl sites for hydroxylation is 2. The lowest BCUT2D eigenvalue weighted by atomic mass is 10.1. The summed E-state index contributed by atoms with van der Waals surface area (Å²) in [4.78, 5) is 11.5. The lowest BCUT2D eigenvalue weighted by Gasteiger charge is -2.00. The van der Waals surface area contributed by atoms with E-state index in [-0.39, 0.29) is 5.78 Å². The zero-order valence-electron chi connectivity index (χ0n) is 9.37. The monoisotopic (exact) mass is 201 g/mol. The zero-order valence-corrected chi connectivity index (χ0v) is 9.37. The first-order chi connectivity index (χ1) is 7.13. The van der Waals surface area contributed by atoms with Crippen LogP contribution >= 0.6 is 0 Å². The number of benzene rings is 1. The molecule has 0 saturated carbocycles. The van der Waals surface area contributed by atoms with Gasteiger partial charge >= 0.3 is 0 Å². The van der Waals surface area contributed by atoms with Crippen molar-refractivity contribution in [2.45, 2.75) is 27.3 Å². The van der Waals surface area contributed by atoms with Crippen molar-refractivity contribution in [1.29, 1.82) is 0 Å². The molecule has 0 aliphatic heterocycles. The number of rotatable bonds is 2. The molecule has 0 bridgehead atoms. The highest BCUT2D eigenvalue weighted by atomic mass is 16.1. The number of hydrogen-bond acceptors (Lipinski definition) is 1. The van der Waals surface area contributed by atoms with Crippen LogP contribution in [0.3, 0.4) is 0 Å². The summed E-state index contributed by atoms with van der Waals surface area (Å²) in [5.74, 6) is 0.135. The van der Waals surface area contributed by atoms with E-state index in [1.165, 1.54) is 5.56 Å². The van der Waals surface area contributed by atoms with Gasteiger partial charge in [-0.2, -0.15) is 0 Å². The van der Waals surface area contributed by atoms with Crippen molar-refractivity contribution >= 4 is 16.7 Å². The van der Waals surface area contributed by atoms with E-state index in [0.717, 1.165) is 23.0 Å².